The topological polar surface area (TPSA) is 109 Å². The number of phenols is 1. The molecule has 1 unspecified atom stereocenters. The van der Waals surface area contributed by atoms with Gasteiger partial charge in [-0.3, -0.25) is 4.79 Å². The van der Waals surface area contributed by atoms with Crippen LogP contribution >= 0.6 is 0 Å². The number of carbonyl (C=O) groups is 1. The number of phenolic OH excluding ortho intramolecular Hbond substituents is 1. The molecule has 0 amide bonds. The van der Waals surface area contributed by atoms with Crippen molar-refractivity contribution in [2.75, 3.05) is 12.3 Å². The molecule has 1 aliphatic rings. The van der Waals surface area contributed by atoms with Gasteiger partial charge < -0.3 is 25.7 Å². The second kappa shape index (κ2) is 8.57. The number of para-hydroxylation sites is 1. The van der Waals surface area contributed by atoms with E-state index in [2.05, 4.69) is 30.1 Å². The second-order valence-electron chi connectivity index (χ2n) is 7.28. The molecule has 0 fully saturated rings. The maximum Gasteiger partial charge on any atom is 0.306 e. The lowest BCUT2D eigenvalue weighted by molar-refractivity contribution is -0.148. The number of nitrogens with one attached hydrogen (secondary N) is 1. The number of rotatable bonds is 4. The number of hydrogen-bond donors (Lipinski definition) is 4. The Kier molecular flexibility index (Phi) is 6.13. The molecule has 6 heteroatoms. The van der Waals surface area contributed by atoms with Crippen LogP contribution in [0.2, 0.25) is 0 Å². The van der Waals surface area contributed by atoms with E-state index in [9.17, 15) is 9.90 Å². The van der Waals surface area contributed by atoms with E-state index in [4.69, 9.17) is 15.6 Å². The van der Waals surface area contributed by atoms with Gasteiger partial charge in [0.05, 0.1) is 18.7 Å². The molecule has 1 atom stereocenters. The van der Waals surface area contributed by atoms with Gasteiger partial charge in [0.2, 0.25) is 0 Å². The molecule has 3 aromatic rings. The first-order valence-corrected chi connectivity index (χ1v) is 9.93. The summed E-state index contributed by atoms with van der Waals surface area (Å²) in [7, 11) is 0. The number of aryl methyl sites for hydroxylation is 1. The first-order chi connectivity index (χ1) is 13.9. The van der Waals surface area contributed by atoms with E-state index in [1.807, 2.05) is 6.92 Å². The number of carboxylic acids is 1. The van der Waals surface area contributed by atoms with E-state index >= 15 is 0 Å². The van der Waals surface area contributed by atoms with Crippen LogP contribution in [0.15, 0.2) is 42.5 Å². The Balaban J connectivity index is 0.000000252. The van der Waals surface area contributed by atoms with Gasteiger partial charge in [-0.05, 0) is 54.7 Å². The molecule has 0 aliphatic carbocycles. The van der Waals surface area contributed by atoms with Crippen LogP contribution in [0.1, 0.15) is 43.5 Å². The molecule has 29 heavy (non-hydrogen) atoms. The molecule has 0 saturated heterocycles. The maximum absolute atomic E-state index is 11.3. The molecule has 0 bridgehead atoms. The maximum atomic E-state index is 11.3. The van der Waals surface area contributed by atoms with Gasteiger partial charge in [0.15, 0.2) is 0 Å². The van der Waals surface area contributed by atoms with E-state index in [0.29, 0.717) is 18.7 Å². The molecule has 0 spiro atoms. The largest absolute Gasteiger partial charge is 0.508 e. The lowest BCUT2D eigenvalue weighted by atomic mass is 9.86. The van der Waals surface area contributed by atoms with Crippen LogP contribution < -0.4 is 5.73 Å². The van der Waals surface area contributed by atoms with E-state index < -0.39 is 11.6 Å². The molecular weight excluding hydrogens is 368 g/mol. The first kappa shape index (κ1) is 20.7. The Morgan fingerprint density at radius 1 is 1.21 bits per heavy atom. The Bertz CT molecular complexity index is 973. The molecule has 6 nitrogen and oxygen atoms in total. The minimum Gasteiger partial charge on any atom is -0.508 e. The number of aliphatic carboxylic acids is 1. The summed E-state index contributed by atoms with van der Waals surface area (Å²) in [6.07, 6.45) is 2.45. The van der Waals surface area contributed by atoms with Crippen molar-refractivity contribution in [3.05, 3.63) is 59.3 Å². The minimum absolute atomic E-state index is 0.00474. The van der Waals surface area contributed by atoms with E-state index in [0.717, 1.165) is 24.1 Å². The normalized spacial score (nSPS) is 18.0. The van der Waals surface area contributed by atoms with Crippen molar-refractivity contribution in [1.82, 2.24) is 4.98 Å². The zero-order valence-electron chi connectivity index (χ0n) is 16.9. The fourth-order valence-corrected chi connectivity index (χ4v) is 3.96. The lowest BCUT2D eigenvalue weighted by Crippen LogP contribution is -2.37. The van der Waals surface area contributed by atoms with Crippen LogP contribution in [0.5, 0.6) is 5.75 Å². The number of nitrogens with two attached hydrogens (primary N) is 1. The average Bonchev–Trinajstić information content (AvgIpc) is 3.10. The van der Waals surface area contributed by atoms with Crippen molar-refractivity contribution in [2.45, 2.75) is 45.1 Å². The third kappa shape index (κ3) is 4.22. The summed E-state index contributed by atoms with van der Waals surface area (Å²) in [6.45, 7) is 4.71. The van der Waals surface area contributed by atoms with Gasteiger partial charge >= 0.3 is 5.97 Å². The summed E-state index contributed by atoms with van der Waals surface area (Å²) in [5.74, 6) is -0.571. The van der Waals surface area contributed by atoms with Crippen molar-refractivity contribution >= 4 is 22.6 Å². The van der Waals surface area contributed by atoms with Crippen molar-refractivity contribution < 1.29 is 19.7 Å². The molecule has 4 rings (SSSR count). The van der Waals surface area contributed by atoms with Gasteiger partial charge in [0.25, 0.3) is 0 Å². The quantitative estimate of drug-likeness (QED) is 0.387. The molecule has 1 aromatic heterocycles. The molecule has 154 valence electrons. The number of nitrogen functional groups attached to an aromatic ring is 1. The fraction of sp³-hybridized carbons (Fsp3) is 0.348. The third-order valence-electron chi connectivity index (χ3n) is 5.50. The minimum atomic E-state index is -0.820. The van der Waals surface area contributed by atoms with Crippen LogP contribution in [0.3, 0.4) is 0 Å². The summed E-state index contributed by atoms with van der Waals surface area (Å²) in [5, 5.41) is 19.2. The lowest BCUT2D eigenvalue weighted by Gasteiger charge is -2.35. The summed E-state index contributed by atoms with van der Waals surface area (Å²) in [5.41, 5.74) is 9.87. The molecule has 5 N–H and O–H groups in total. The number of hydrogen-bond acceptors (Lipinski definition) is 4. The number of aromatic amines is 1. The molecule has 2 aromatic carbocycles. The number of carboxylic acid groups (broad SMARTS) is 1. The van der Waals surface area contributed by atoms with Crippen LogP contribution in [0, 0.1) is 0 Å². The Morgan fingerprint density at radius 3 is 2.52 bits per heavy atom. The monoisotopic (exact) mass is 396 g/mol. The van der Waals surface area contributed by atoms with Gasteiger partial charge in [0.1, 0.15) is 11.4 Å². The van der Waals surface area contributed by atoms with Crippen LogP contribution in [-0.4, -0.2) is 27.8 Å². The summed E-state index contributed by atoms with van der Waals surface area (Å²) in [4.78, 5) is 14.8. The Hall–Kier alpha value is -2.99. The molecule has 2 heterocycles. The third-order valence-corrected chi connectivity index (χ3v) is 5.50. The smallest absolute Gasteiger partial charge is 0.306 e. The van der Waals surface area contributed by atoms with Crippen molar-refractivity contribution in [2.24, 2.45) is 0 Å². The van der Waals surface area contributed by atoms with E-state index in [-0.39, 0.29) is 12.2 Å². The standard InChI is InChI=1S/C17H21NO3.C6H7NO/c1-3-11-6-5-7-12-13-8-9-21-17(4-2,10-14(19)20)16(13)18-15(11)12;7-5-1-3-6(8)4-2-5/h5-7,18H,3-4,8-10H2,1-2H3,(H,19,20);1-4,8H,7H2. The molecular formula is C23H28N2O4. The second-order valence-corrected chi connectivity index (χ2v) is 7.28. The number of ether oxygens (including phenoxy) is 1. The first-order valence-electron chi connectivity index (χ1n) is 9.93. The number of anilines is 1. The van der Waals surface area contributed by atoms with Crippen LogP contribution in [0.4, 0.5) is 5.69 Å². The Morgan fingerprint density at radius 2 is 1.93 bits per heavy atom. The summed E-state index contributed by atoms with van der Waals surface area (Å²) in [6, 6.07) is 12.7. The zero-order valence-corrected chi connectivity index (χ0v) is 16.9. The van der Waals surface area contributed by atoms with E-state index in [1.165, 1.54) is 16.5 Å². The zero-order chi connectivity index (χ0) is 21.0. The van der Waals surface area contributed by atoms with E-state index in [1.54, 1.807) is 24.3 Å². The van der Waals surface area contributed by atoms with Crippen molar-refractivity contribution in [3.8, 4) is 5.75 Å². The number of H-pyrrole nitrogens is 1. The number of fused-ring (bicyclic) bond motifs is 3. The van der Waals surface area contributed by atoms with Crippen LogP contribution in [0.25, 0.3) is 10.9 Å². The highest BCUT2D eigenvalue weighted by Gasteiger charge is 2.40. The van der Waals surface area contributed by atoms with Gasteiger partial charge in [-0.15, -0.1) is 0 Å². The van der Waals surface area contributed by atoms with Gasteiger partial charge in [-0.1, -0.05) is 32.0 Å². The summed E-state index contributed by atoms with van der Waals surface area (Å²) < 4.78 is 5.94. The molecule has 1 aliphatic heterocycles. The number of aromatic hydroxyl groups is 1. The SMILES string of the molecule is CCc1cccc2c3c([nH]c12)C(CC)(CC(=O)O)OCC3.Nc1ccc(O)cc1. The highest BCUT2D eigenvalue weighted by molar-refractivity contribution is 5.88. The number of benzene rings is 2. The number of aromatic nitrogens is 1. The highest BCUT2D eigenvalue weighted by atomic mass is 16.5. The fourth-order valence-electron chi connectivity index (χ4n) is 3.96. The van der Waals surface area contributed by atoms with Crippen molar-refractivity contribution in [3.63, 3.8) is 0 Å². The molecule has 0 radical (unpaired) electrons. The predicted octanol–water partition coefficient (Wildman–Crippen LogP) is 4.36. The molecule has 0 saturated carbocycles. The predicted molar refractivity (Wildman–Crippen MR) is 114 cm³/mol. The summed E-state index contributed by atoms with van der Waals surface area (Å²) >= 11 is 0. The van der Waals surface area contributed by atoms with Gasteiger partial charge in [-0.25, -0.2) is 0 Å². The Labute approximate surface area is 170 Å². The average molecular weight is 396 g/mol. The van der Waals surface area contributed by atoms with Gasteiger partial charge in [0, 0.05) is 16.6 Å². The van der Waals surface area contributed by atoms with Gasteiger partial charge in [-0.2, -0.15) is 0 Å². The van der Waals surface area contributed by atoms with Crippen molar-refractivity contribution in [1.29, 1.82) is 0 Å². The van der Waals surface area contributed by atoms with Crippen LogP contribution in [-0.2, 0) is 28.0 Å². The highest BCUT2D eigenvalue weighted by Crippen LogP contribution is 2.42.